The van der Waals surface area contributed by atoms with Crippen molar-refractivity contribution in [2.45, 2.75) is 26.3 Å². The van der Waals surface area contributed by atoms with Gasteiger partial charge in [-0.25, -0.2) is 0 Å². The van der Waals surface area contributed by atoms with Gasteiger partial charge in [0, 0.05) is 38.1 Å². The van der Waals surface area contributed by atoms with Crippen LogP contribution in [0.3, 0.4) is 0 Å². The quantitative estimate of drug-likeness (QED) is 0.793. The van der Waals surface area contributed by atoms with Crippen molar-refractivity contribution in [3.63, 3.8) is 0 Å². The Morgan fingerprint density at radius 3 is 2.28 bits per heavy atom. The van der Waals surface area contributed by atoms with E-state index in [0.717, 1.165) is 31.5 Å². The van der Waals surface area contributed by atoms with E-state index < -0.39 is 0 Å². The van der Waals surface area contributed by atoms with Gasteiger partial charge in [-0.3, -0.25) is 24.3 Å². The third-order valence-electron chi connectivity index (χ3n) is 5.15. The second-order valence-electron chi connectivity index (χ2n) is 7.23. The molecule has 2 aliphatic rings. The second-order valence-corrected chi connectivity index (χ2v) is 7.23. The molecule has 2 aliphatic heterocycles. The fourth-order valence-corrected chi connectivity index (χ4v) is 3.80. The number of anilines is 1. The molecule has 3 heterocycles. The van der Waals surface area contributed by atoms with Crippen LogP contribution in [0.4, 0.5) is 5.69 Å². The Kier molecular flexibility index (Phi) is 5.12. The maximum atomic E-state index is 13.3. The summed E-state index contributed by atoms with van der Waals surface area (Å²) in [7, 11) is 0. The van der Waals surface area contributed by atoms with Crippen molar-refractivity contribution in [1.29, 1.82) is 0 Å². The van der Waals surface area contributed by atoms with Gasteiger partial charge in [-0.1, -0.05) is 12.1 Å². The van der Waals surface area contributed by atoms with Crippen LogP contribution in [-0.4, -0.2) is 45.6 Å². The fourth-order valence-electron chi connectivity index (χ4n) is 3.80. The zero-order valence-corrected chi connectivity index (χ0v) is 16.2. The second kappa shape index (κ2) is 7.87. The first-order valence-electron chi connectivity index (χ1n) is 9.67. The molecule has 4 rings (SSSR count). The smallest absolute Gasteiger partial charge is 0.278 e. The van der Waals surface area contributed by atoms with E-state index >= 15 is 0 Å². The molecule has 0 unspecified atom stereocenters. The Bertz CT molecular complexity index is 977. The third-order valence-corrected chi connectivity index (χ3v) is 5.15. The number of nitrogens with one attached hydrogen (secondary N) is 1. The van der Waals surface area contributed by atoms with Crippen LogP contribution in [0.2, 0.25) is 0 Å². The minimum Gasteiger partial charge on any atom is -0.366 e. The Morgan fingerprint density at radius 1 is 1.00 bits per heavy atom. The van der Waals surface area contributed by atoms with Gasteiger partial charge in [0.25, 0.3) is 11.8 Å². The van der Waals surface area contributed by atoms with Gasteiger partial charge in [-0.15, -0.1) is 0 Å². The van der Waals surface area contributed by atoms with Gasteiger partial charge < -0.3 is 10.2 Å². The Hall–Kier alpha value is -3.48. The lowest BCUT2D eigenvalue weighted by atomic mass is 10.0. The lowest BCUT2D eigenvalue weighted by Gasteiger charge is -2.20. The number of imide groups is 1. The molecule has 1 N–H and O–H groups in total. The summed E-state index contributed by atoms with van der Waals surface area (Å²) < 4.78 is 0. The van der Waals surface area contributed by atoms with E-state index in [1.807, 2.05) is 4.90 Å². The number of rotatable bonds is 5. The summed E-state index contributed by atoms with van der Waals surface area (Å²) in [6, 6.07) is 10.6. The molecule has 0 atom stereocenters. The van der Waals surface area contributed by atoms with E-state index in [1.165, 1.54) is 11.8 Å². The van der Waals surface area contributed by atoms with Crippen LogP contribution in [0.15, 0.2) is 54.5 Å². The summed E-state index contributed by atoms with van der Waals surface area (Å²) >= 11 is 0. The lowest BCUT2D eigenvalue weighted by Crippen LogP contribution is -2.34. The monoisotopic (exact) mass is 390 g/mol. The average Bonchev–Trinajstić information content (AvgIpc) is 3.32. The topological polar surface area (TPSA) is 82.6 Å². The van der Waals surface area contributed by atoms with Crippen molar-refractivity contribution in [2.24, 2.45) is 0 Å². The molecule has 0 saturated carbocycles. The summed E-state index contributed by atoms with van der Waals surface area (Å²) in [5.74, 6) is -0.707. The van der Waals surface area contributed by atoms with Crippen LogP contribution in [0.5, 0.6) is 0 Å². The maximum Gasteiger partial charge on any atom is 0.278 e. The highest BCUT2D eigenvalue weighted by Crippen LogP contribution is 2.34. The van der Waals surface area contributed by atoms with Crippen molar-refractivity contribution in [3.8, 4) is 0 Å². The first-order valence-corrected chi connectivity index (χ1v) is 9.67. The minimum atomic E-state index is -0.291. The van der Waals surface area contributed by atoms with Crippen LogP contribution in [0, 0.1) is 0 Å². The highest BCUT2D eigenvalue weighted by Gasteiger charge is 2.42. The zero-order valence-electron chi connectivity index (χ0n) is 16.2. The standard InChI is InChI=1S/C22H22N4O3/c1-15(27)24-18-6-4-17(5-7-18)19-20(25-12-2-3-13-25)22(29)26(21(19)28)14-16-8-10-23-11-9-16/h4-11H,2-3,12-14H2,1H3,(H,24,27). The molecule has 1 fully saturated rings. The zero-order chi connectivity index (χ0) is 20.4. The van der Waals surface area contributed by atoms with Gasteiger partial charge in [0.2, 0.25) is 5.91 Å². The predicted octanol–water partition coefficient (Wildman–Crippen LogP) is 2.42. The molecule has 7 nitrogen and oxygen atoms in total. The number of hydrogen-bond donors (Lipinski definition) is 1. The number of carbonyl (C=O) groups excluding carboxylic acids is 3. The molecule has 1 aromatic carbocycles. The molecule has 1 saturated heterocycles. The molecular weight excluding hydrogens is 368 g/mol. The molecule has 3 amide bonds. The number of amides is 3. The molecule has 0 bridgehead atoms. The van der Waals surface area contributed by atoms with E-state index in [9.17, 15) is 14.4 Å². The van der Waals surface area contributed by atoms with Crippen molar-refractivity contribution in [1.82, 2.24) is 14.8 Å². The number of carbonyl (C=O) groups is 3. The van der Waals surface area contributed by atoms with Gasteiger partial charge in [-0.2, -0.15) is 0 Å². The molecule has 7 heteroatoms. The van der Waals surface area contributed by atoms with E-state index in [0.29, 0.717) is 22.5 Å². The van der Waals surface area contributed by atoms with Gasteiger partial charge >= 0.3 is 0 Å². The third kappa shape index (κ3) is 3.76. The lowest BCUT2D eigenvalue weighted by molar-refractivity contribution is -0.138. The van der Waals surface area contributed by atoms with Gasteiger partial charge in [0.05, 0.1) is 12.1 Å². The number of pyridine rings is 1. The molecule has 29 heavy (non-hydrogen) atoms. The molecule has 0 aliphatic carbocycles. The molecule has 148 valence electrons. The Balaban J connectivity index is 1.70. The summed E-state index contributed by atoms with van der Waals surface area (Å²) in [6.07, 6.45) is 5.31. The van der Waals surface area contributed by atoms with Gasteiger partial charge in [0.15, 0.2) is 0 Å². The SMILES string of the molecule is CC(=O)Nc1ccc(C2=C(N3CCCC3)C(=O)N(Cc3ccncc3)C2=O)cc1. The van der Waals surface area contributed by atoms with Crippen LogP contribution in [0.1, 0.15) is 30.9 Å². The van der Waals surface area contributed by atoms with Crippen LogP contribution >= 0.6 is 0 Å². The molecule has 1 aromatic heterocycles. The number of benzene rings is 1. The minimum absolute atomic E-state index is 0.162. The van der Waals surface area contributed by atoms with Crippen molar-refractivity contribution < 1.29 is 14.4 Å². The number of likely N-dealkylation sites (tertiary alicyclic amines) is 1. The van der Waals surface area contributed by atoms with E-state index in [1.54, 1.807) is 48.8 Å². The summed E-state index contributed by atoms with van der Waals surface area (Å²) in [4.78, 5) is 45.1. The molecule has 2 aromatic rings. The first kappa shape index (κ1) is 18.9. The summed E-state index contributed by atoms with van der Waals surface area (Å²) in [6.45, 7) is 3.19. The fraction of sp³-hybridized carbons (Fsp3) is 0.273. The predicted molar refractivity (Wildman–Crippen MR) is 108 cm³/mol. The first-order chi connectivity index (χ1) is 14.0. The largest absolute Gasteiger partial charge is 0.366 e. The summed E-state index contributed by atoms with van der Waals surface area (Å²) in [5, 5.41) is 2.72. The molecular formula is C22H22N4O3. The van der Waals surface area contributed by atoms with Crippen molar-refractivity contribution in [2.75, 3.05) is 18.4 Å². The van der Waals surface area contributed by atoms with E-state index in [4.69, 9.17) is 0 Å². The average molecular weight is 390 g/mol. The van der Waals surface area contributed by atoms with E-state index in [-0.39, 0.29) is 24.3 Å². The van der Waals surface area contributed by atoms with Crippen molar-refractivity contribution >= 4 is 29.0 Å². The Labute approximate surface area is 169 Å². The summed E-state index contributed by atoms with van der Waals surface area (Å²) in [5.41, 5.74) is 3.09. The Morgan fingerprint density at radius 2 is 1.66 bits per heavy atom. The highest BCUT2D eigenvalue weighted by molar-refractivity contribution is 6.35. The number of hydrogen-bond acceptors (Lipinski definition) is 5. The molecule has 0 spiro atoms. The number of nitrogens with zero attached hydrogens (tertiary/aromatic N) is 3. The van der Waals surface area contributed by atoms with Crippen LogP contribution in [-0.2, 0) is 20.9 Å². The van der Waals surface area contributed by atoms with Gasteiger partial charge in [0.1, 0.15) is 5.70 Å². The van der Waals surface area contributed by atoms with Crippen LogP contribution < -0.4 is 5.32 Å². The normalized spacial score (nSPS) is 16.7. The highest BCUT2D eigenvalue weighted by atomic mass is 16.2. The van der Waals surface area contributed by atoms with Crippen molar-refractivity contribution in [3.05, 3.63) is 65.6 Å². The maximum absolute atomic E-state index is 13.3. The molecule has 0 radical (unpaired) electrons. The van der Waals surface area contributed by atoms with Gasteiger partial charge in [-0.05, 0) is 48.2 Å². The van der Waals surface area contributed by atoms with E-state index in [2.05, 4.69) is 10.3 Å². The van der Waals surface area contributed by atoms with Crippen LogP contribution in [0.25, 0.3) is 5.57 Å². The number of aromatic nitrogens is 1.